The van der Waals surface area contributed by atoms with Crippen molar-refractivity contribution in [2.45, 2.75) is 64.1 Å². The van der Waals surface area contributed by atoms with Crippen LogP contribution in [0.25, 0.3) is 22.5 Å². The van der Waals surface area contributed by atoms with Gasteiger partial charge in [0.25, 0.3) is 0 Å². The summed E-state index contributed by atoms with van der Waals surface area (Å²) in [6, 6.07) is 8.61. The van der Waals surface area contributed by atoms with Crippen molar-refractivity contribution in [3.8, 4) is 22.5 Å². The Kier molecular flexibility index (Phi) is 5.70. The summed E-state index contributed by atoms with van der Waals surface area (Å²) in [6.07, 6.45) is 7.61. The van der Waals surface area contributed by atoms with Crippen LogP contribution >= 0.6 is 0 Å². The van der Waals surface area contributed by atoms with Gasteiger partial charge in [-0.05, 0) is 64.1 Å². The molecule has 1 aromatic carbocycles. The molecule has 2 aliphatic rings. The summed E-state index contributed by atoms with van der Waals surface area (Å²) in [6.45, 7) is 7.41. The average molecular weight is 449 g/mol. The second-order valence-corrected chi connectivity index (χ2v) is 9.92. The lowest BCUT2D eigenvalue weighted by atomic mass is 10.1. The number of H-pyrrole nitrogens is 2. The molecule has 2 fully saturated rings. The molecule has 2 atom stereocenters. The lowest BCUT2D eigenvalue weighted by molar-refractivity contribution is 0.0218. The predicted molar refractivity (Wildman–Crippen MR) is 126 cm³/mol. The summed E-state index contributed by atoms with van der Waals surface area (Å²) >= 11 is 0. The number of carbonyl (C=O) groups excluding carboxylic acids is 1. The minimum atomic E-state index is -0.511. The highest BCUT2D eigenvalue weighted by atomic mass is 16.6. The van der Waals surface area contributed by atoms with Crippen LogP contribution in [0.2, 0.25) is 0 Å². The van der Waals surface area contributed by atoms with Gasteiger partial charge in [-0.25, -0.2) is 14.8 Å². The number of nitrogens with zero attached hydrogens (tertiary/aromatic N) is 3. The number of imidazole rings is 2. The zero-order valence-corrected chi connectivity index (χ0v) is 19.5. The van der Waals surface area contributed by atoms with Gasteiger partial charge in [0.2, 0.25) is 0 Å². The van der Waals surface area contributed by atoms with E-state index in [-0.39, 0.29) is 12.1 Å². The highest BCUT2D eigenvalue weighted by molar-refractivity contribution is 5.69. The lowest BCUT2D eigenvalue weighted by Gasteiger charge is -2.27. The van der Waals surface area contributed by atoms with Crippen molar-refractivity contribution in [2.24, 2.45) is 0 Å². The number of hydrogen-bond acceptors (Lipinski definition) is 5. The summed E-state index contributed by atoms with van der Waals surface area (Å²) in [4.78, 5) is 30.5. The number of likely N-dealkylation sites (tertiary alicyclic amines) is 1. The number of aromatic amines is 2. The molecule has 2 unspecified atom stereocenters. The summed E-state index contributed by atoms with van der Waals surface area (Å²) in [5.74, 6) is 1.82. The third-order valence-corrected chi connectivity index (χ3v) is 6.28. The molecule has 0 bridgehead atoms. The molecule has 3 aromatic rings. The topological polar surface area (TPSA) is 98.9 Å². The van der Waals surface area contributed by atoms with Crippen molar-refractivity contribution in [2.75, 3.05) is 13.1 Å². The van der Waals surface area contributed by atoms with Gasteiger partial charge in [0.1, 0.15) is 17.2 Å². The molecule has 4 heterocycles. The second kappa shape index (κ2) is 8.67. The van der Waals surface area contributed by atoms with Gasteiger partial charge in [-0.15, -0.1) is 0 Å². The molecule has 33 heavy (non-hydrogen) atoms. The van der Waals surface area contributed by atoms with Crippen LogP contribution < -0.4 is 5.32 Å². The number of ether oxygens (including phenoxy) is 1. The van der Waals surface area contributed by atoms with E-state index in [1.807, 2.05) is 33.2 Å². The Bertz CT molecular complexity index is 1100. The Hall–Kier alpha value is -3.13. The Morgan fingerprint density at radius 2 is 1.61 bits per heavy atom. The van der Waals surface area contributed by atoms with Gasteiger partial charge in [-0.1, -0.05) is 24.3 Å². The fraction of sp³-hybridized carbons (Fsp3) is 0.480. The zero-order valence-electron chi connectivity index (χ0n) is 19.5. The fourth-order valence-electron chi connectivity index (χ4n) is 4.65. The molecule has 0 aliphatic carbocycles. The van der Waals surface area contributed by atoms with E-state index >= 15 is 0 Å². The zero-order chi connectivity index (χ0) is 23.0. The maximum atomic E-state index is 12.6. The van der Waals surface area contributed by atoms with E-state index < -0.39 is 5.60 Å². The van der Waals surface area contributed by atoms with Crippen molar-refractivity contribution in [1.82, 2.24) is 30.2 Å². The summed E-state index contributed by atoms with van der Waals surface area (Å²) in [5.41, 5.74) is 3.60. The first kappa shape index (κ1) is 21.7. The van der Waals surface area contributed by atoms with Crippen LogP contribution in [0.5, 0.6) is 0 Å². The Balaban J connectivity index is 1.29. The van der Waals surface area contributed by atoms with Crippen LogP contribution in [-0.2, 0) is 4.74 Å². The van der Waals surface area contributed by atoms with Gasteiger partial charge in [-0.3, -0.25) is 4.90 Å². The maximum absolute atomic E-state index is 12.6. The Morgan fingerprint density at radius 3 is 2.21 bits per heavy atom. The normalized spacial score (nSPS) is 21.0. The molecule has 8 nitrogen and oxygen atoms in total. The van der Waals surface area contributed by atoms with E-state index in [0.717, 1.165) is 60.0 Å². The van der Waals surface area contributed by atoms with Gasteiger partial charge in [0.05, 0.1) is 35.9 Å². The van der Waals surface area contributed by atoms with E-state index in [0.29, 0.717) is 12.6 Å². The molecule has 174 valence electrons. The molecular weight excluding hydrogens is 416 g/mol. The molecule has 2 aliphatic heterocycles. The van der Waals surface area contributed by atoms with Gasteiger partial charge in [0.15, 0.2) is 0 Å². The molecule has 2 saturated heterocycles. The van der Waals surface area contributed by atoms with E-state index in [1.165, 1.54) is 6.42 Å². The predicted octanol–water partition coefficient (Wildman–Crippen LogP) is 4.96. The highest BCUT2D eigenvalue weighted by Gasteiger charge is 2.34. The lowest BCUT2D eigenvalue weighted by Crippen LogP contribution is -2.36. The maximum Gasteiger partial charge on any atom is 0.410 e. The monoisotopic (exact) mass is 448 g/mol. The summed E-state index contributed by atoms with van der Waals surface area (Å²) < 4.78 is 5.59. The Morgan fingerprint density at radius 1 is 0.970 bits per heavy atom. The number of benzene rings is 1. The largest absolute Gasteiger partial charge is 0.444 e. The smallest absolute Gasteiger partial charge is 0.410 e. The number of hydrogen-bond donors (Lipinski definition) is 3. The average Bonchev–Trinajstić information content (AvgIpc) is 3.58. The number of aromatic nitrogens is 4. The van der Waals surface area contributed by atoms with Gasteiger partial charge in [-0.2, -0.15) is 0 Å². The number of carbonyl (C=O) groups is 1. The molecule has 5 rings (SSSR count). The van der Waals surface area contributed by atoms with E-state index in [2.05, 4.69) is 49.5 Å². The van der Waals surface area contributed by atoms with E-state index in [1.54, 1.807) is 4.90 Å². The minimum Gasteiger partial charge on any atom is -0.444 e. The van der Waals surface area contributed by atoms with Gasteiger partial charge in [0, 0.05) is 6.54 Å². The molecule has 3 N–H and O–H groups in total. The standard InChI is InChI=1S/C25H32N6O2/c1-25(2,3)33-24(32)31-13-5-7-21(31)23-28-15-20(30-23)17-10-8-16(9-11-17)19-14-27-22(29-19)18-6-4-12-26-18/h8-11,14-15,18,21,26H,4-7,12-13H2,1-3H3,(H,27,29)(H,28,30). The van der Waals surface area contributed by atoms with Crippen molar-refractivity contribution in [3.63, 3.8) is 0 Å². The number of nitrogens with one attached hydrogen (secondary N) is 3. The molecule has 1 amide bonds. The number of amides is 1. The minimum absolute atomic E-state index is 0.0829. The first-order valence-electron chi connectivity index (χ1n) is 11.8. The van der Waals surface area contributed by atoms with Gasteiger partial charge >= 0.3 is 6.09 Å². The molecule has 0 spiro atoms. The molecule has 0 radical (unpaired) electrons. The quantitative estimate of drug-likeness (QED) is 0.524. The van der Waals surface area contributed by atoms with Crippen LogP contribution in [0.15, 0.2) is 36.7 Å². The summed E-state index contributed by atoms with van der Waals surface area (Å²) in [5, 5.41) is 3.48. The van der Waals surface area contributed by atoms with Crippen LogP contribution in [0.1, 0.15) is 70.2 Å². The van der Waals surface area contributed by atoms with Crippen molar-refractivity contribution < 1.29 is 9.53 Å². The molecular formula is C25H32N6O2. The third-order valence-electron chi connectivity index (χ3n) is 6.28. The molecule has 2 aromatic heterocycles. The molecule has 0 saturated carbocycles. The first-order chi connectivity index (χ1) is 15.9. The van der Waals surface area contributed by atoms with Crippen molar-refractivity contribution in [1.29, 1.82) is 0 Å². The van der Waals surface area contributed by atoms with Crippen LogP contribution in [0.4, 0.5) is 4.79 Å². The molecule has 8 heteroatoms. The van der Waals surface area contributed by atoms with Crippen LogP contribution in [0.3, 0.4) is 0 Å². The third kappa shape index (κ3) is 4.66. The fourth-order valence-corrected chi connectivity index (χ4v) is 4.65. The number of rotatable bonds is 4. The van der Waals surface area contributed by atoms with E-state index in [4.69, 9.17) is 4.74 Å². The van der Waals surface area contributed by atoms with E-state index in [9.17, 15) is 4.79 Å². The van der Waals surface area contributed by atoms with Gasteiger partial charge < -0.3 is 20.0 Å². The first-order valence-corrected chi connectivity index (χ1v) is 11.8. The van der Waals surface area contributed by atoms with Crippen molar-refractivity contribution >= 4 is 6.09 Å². The SMILES string of the molecule is CC(C)(C)OC(=O)N1CCCC1c1ncc(-c2ccc(-c3cnc(C4CCCN4)[nH]3)cc2)[nH]1. The van der Waals surface area contributed by atoms with Crippen LogP contribution in [0, 0.1) is 0 Å². The summed E-state index contributed by atoms with van der Waals surface area (Å²) in [7, 11) is 0. The van der Waals surface area contributed by atoms with Crippen LogP contribution in [-0.4, -0.2) is 49.6 Å². The highest BCUT2D eigenvalue weighted by Crippen LogP contribution is 2.33. The Labute approximate surface area is 194 Å². The van der Waals surface area contributed by atoms with Crippen molar-refractivity contribution in [3.05, 3.63) is 48.3 Å². The second-order valence-electron chi connectivity index (χ2n) is 9.92.